The second-order valence-corrected chi connectivity index (χ2v) is 7.28. The number of carbonyl (C=O) groups is 2. The lowest BCUT2D eigenvalue weighted by atomic mass is 9.84. The molecule has 1 aliphatic carbocycles. The molecule has 1 saturated carbocycles. The predicted octanol–water partition coefficient (Wildman–Crippen LogP) is 4.40. The van der Waals surface area contributed by atoms with E-state index in [0.717, 1.165) is 30.2 Å². The van der Waals surface area contributed by atoms with Gasteiger partial charge in [-0.15, -0.1) is 0 Å². The number of benzene rings is 1. The normalized spacial score (nSPS) is 22.8. The fraction of sp³-hybridized carbons (Fsp3) is 0.444. The average molecular weight is 331 g/mol. The molecule has 0 aromatic heterocycles. The smallest absolute Gasteiger partial charge is 0.293 e. The molecule has 1 aromatic carbocycles. The van der Waals surface area contributed by atoms with Crippen molar-refractivity contribution in [1.82, 2.24) is 4.90 Å². The van der Waals surface area contributed by atoms with Crippen LogP contribution in [-0.4, -0.2) is 27.2 Å². The highest BCUT2D eigenvalue weighted by molar-refractivity contribution is 8.18. The molecule has 2 amide bonds. The third-order valence-corrected chi connectivity index (χ3v) is 5.64. The third kappa shape index (κ3) is 3.44. The molecule has 0 spiro atoms. The highest BCUT2D eigenvalue weighted by atomic mass is 32.2. The standard InChI is InChI=1S/C18H21NO3S/c1-12(14-5-3-2-4-6-14)19-17(21)16(23-18(19)22)11-13-7-9-15(20)10-8-13/h7-12,14,20H,2-6H2,1H3. The van der Waals surface area contributed by atoms with Crippen molar-refractivity contribution in [1.29, 1.82) is 0 Å². The van der Waals surface area contributed by atoms with Gasteiger partial charge in [0.2, 0.25) is 0 Å². The van der Waals surface area contributed by atoms with E-state index in [0.29, 0.717) is 10.8 Å². The largest absolute Gasteiger partial charge is 0.508 e. The monoisotopic (exact) mass is 331 g/mol. The van der Waals surface area contributed by atoms with E-state index >= 15 is 0 Å². The van der Waals surface area contributed by atoms with Crippen LogP contribution in [0.25, 0.3) is 6.08 Å². The number of rotatable bonds is 3. The summed E-state index contributed by atoms with van der Waals surface area (Å²) in [5, 5.41) is 9.15. The average Bonchev–Trinajstić information content (AvgIpc) is 2.84. The van der Waals surface area contributed by atoms with Crippen LogP contribution >= 0.6 is 11.8 Å². The van der Waals surface area contributed by atoms with E-state index in [2.05, 4.69) is 0 Å². The predicted molar refractivity (Wildman–Crippen MR) is 92.0 cm³/mol. The molecule has 0 bridgehead atoms. The van der Waals surface area contributed by atoms with Gasteiger partial charge >= 0.3 is 0 Å². The number of carbonyl (C=O) groups excluding carboxylic acids is 2. The Bertz CT molecular complexity index is 632. The number of phenols is 1. The molecule has 0 radical (unpaired) electrons. The van der Waals surface area contributed by atoms with Crippen molar-refractivity contribution >= 4 is 29.0 Å². The van der Waals surface area contributed by atoms with Crippen LogP contribution in [0.5, 0.6) is 5.75 Å². The molecule has 4 nitrogen and oxygen atoms in total. The minimum atomic E-state index is -0.189. The molecule has 23 heavy (non-hydrogen) atoms. The fourth-order valence-electron chi connectivity index (χ4n) is 3.38. The second-order valence-electron chi connectivity index (χ2n) is 6.28. The van der Waals surface area contributed by atoms with Gasteiger partial charge in [0.1, 0.15) is 5.75 Å². The van der Waals surface area contributed by atoms with Crippen molar-refractivity contribution in [3.63, 3.8) is 0 Å². The molecule has 122 valence electrons. The van der Waals surface area contributed by atoms with E-state index in [1.165, 1.54) is 24.2 Å². The number of phenolic OH excluding ortho intramolecular Hbond substituents is 1. The number of hydrogen-bond acceptors (Lipinski definition) is 4. The Morgan fingerprint density at radius 1 is 1.17 bits per heavy atom. The molecule has 1 saturated heterocycles. The lowest BCUT2D eigenvalue weighted by Crippen LogP contribution is -2.42. The van der Waals surface area contributed by atoms with Gasteiger partial charge in [-0.1, -0.05) is 31.4 Å². The molecule has 1 atom stereocenters. The highest BCUT2D eigenvalue weighted by Gasteiger charge is 2.40. The summed E-state index contributed by atoms with van der Waals surface area (Å²) in [6, 6.07) is 6.57. The quantitative estimate of drug-likeness (QED) is 0.834. The first-order valence-electron chi connectivity index (χ1n) is 8.12. The Morgan fingerprint density at radius 3 is 2.48 bits per heavy atom. The molecular weight excluding hydrogens is 310 g/mol. The van der Waals surface area contributed by atoms with Crippen LogP contribution in [0.1, 0.15) is 44.6 Å². The van der Waals surface area contributed by atoms with Crippen molar-refractivity contribution < 1.29 is 14.7 Å². The number of thioether (sulfide) groups is 1. The van der Waals surface area contributed by atoms with E-state index < -0.39 is 0 Å². The second kappa shape index (κ2) is 6.79. The van der Waals surface area contributed by atoms with E-state index in [4.69, 9.17) is 0 Å². The number of nitrogens with zero attached hydrogens (tertiary/aromatic N) is 1. The summed E-state index contributed by atoms with van der Waals surface area (Å²) in [4.78, 5) is 26.8. The maximum atomic E-state index is 12.6. The van der Waals surface area contributed by atoms with Gasteiger partial charge in [-0.3, -0.25) is 14.5 Å². The summed E-state index contributed by atoms with van der Waals surface area (Å²) < 4.78 is 0. The molecule has 3 rings (SSSR count). The summed E-state index contributed by atoms with van der Waals surface area (Å²) in [5.74, 6) is 0.414. The van der Waals surface area contributed by atoms with Crippen molar-refractivity contribution in [2.24, 2.45) is 5.92 Å². The summed E-state index contributed by atoms with van der Waals surface area (Å²) in [5.41, 5.74) is 0.804. The zero-order chi connectivity index (χ0) is 16.4. The Morgan fingerprint density at radius 2 is 1.83 bits per heavy atom. The topological polar surface area (TPSA) is 57.6 Å². The summed E-state index contributed by atoms with van der Waals surface area (Å²) in [6.45, 7) is 2.00. The van der Waals surface area contributed by atoms with Gasteiger partial charge in [-0.05, 0) is 61.2 Å². The molecule has 5 heteroatoms. The van der Waals surface area contributed by atoms with E-state index in [9.17, 15) is 14.7 Å². The maximum absolute atomic E-state index is 12.6. The van der Waals surface area contributed by atoms with Gasteiger partial charge in [0.15, 0.2) is 0 Å². The van der Waals surface area contributed by atoms with Gasteiger partial charge in [0.25, 0.3) is 11.1 Å². The van der Waals surface area contributed by atoms with Gasteiger partial charge < -0.3 is 5.11 Å². The molecule has 1 unspecified atom stereocenters. The minimum Gasteiger partial charge on any atom is -0.508 e. The molecule has 1 N–H and O–H groups in total. The van der Waals surface area contributed by atoms with Crippen molar-refractivity contribution in [3.8, 4) is 5.75 Å². The molecule has 2 aliphatic rings. The third-order valence-electron chi connectivity index (χ3n) is 4.75. The molecular formula is C18H21NO3S. The van der Waals surface area contributed by atoms with Gasteiger partial charge in [-0.2, -0.15) is 0 Å². The molecule has 1 aliphatic heterocycles. The SMILES string of the molecule is CC(C1CCCCC1)N1C(=O)SC(=Cc2ccc(O)cc2)C1=O. The first-order valence-corrected chi connectivity index (χ1v) is 8.94. The first kappa shape index (κ1) is 16.1. The van der Waals surface area contributed by atoms with Crippen LogP contribution < -0.4 is 0 Å². The Hall–Kier alpha value is -1.75. The number of amides is 2. The lowest BCUT2D eigenvalue weighted by molar-refractivity contribution is -0.125. The van der Waals surface area contributed by atoms with Crippen LogP contribution in [0.2, 0.25) is 0 Å². The van der Waals surface area contributed by atoms with Crippen LogP contribution in [-0.2, 0) is 4.79 Å². The van der Waals surface area contributed by atoms with Crippen LogP contribution in [0.4, 0.5) is 4.79 Å². The number of imide groups is 1. The summed E-state index contributed by atoms with van der Waals surface area (Å²) in [6.07, 6.45) is 7.55. The molecule has 2 fully saturated rings. The zero-order valence-electron chi connectivity index (χ0n) is 13.2. The number of hydrogen-bond donors (Lipinski definition) is 1. The Balaban J connectivity index is 1.77. The first-order chi connectivity index (χ1) is 11.1. The highest BCUT2D eigenvalue weighted by Crippen LogP contribution is 2.38. The van der Waals surface area contributed by atoms with E-state index in [1.807, 2.05) is 6.92 Å². The van der Waals surface area contributed by atoms with E-state index in [1.54, 1.807) is 30.3 Å². The number of aromatic hydroxyl groups is 1. The maximum Gasteiger partial charge on any atom is 0.293 e. The molecule has 1 aromatic rings. The van der Waals surface area contributed by atoms with Gasteiger partial charge in [0.05, 0.1) is 4.91 Å². The fourth-order valence-corrected chi connectivity index (χ4v) is 4.30. The summed E-state index contributed by atoms with van der Waals surface area (Å²) in [7, 11) is 0. The molecule has 1 heterocycles. The van der Waals surface area contributed by atoms with Crippen LogP contribution in [0.15, 0.2) is 29.2 Å². The van der Waals surface area contributed by atoms with Crippen LogP contribution in [0.3, 0.4) is 0 Å². The summed E-state index contributed by atoms with van der Waals surface area (Å²) >= 11 is 1.01. The van der Waals surface area contributed by atoms with Crippen molar-refractivity contribution in [3.05, 3.63) is 34.7 Å². The Kier molecular flexibility index (Phi) is 4.76. The zero-order valence-corrected chi connectivity index (χ0v) is 14.0. The van der Waals surface area contributed by atoms with Crippen molar-refractivity contribution in [2.45, 2.75) is 45.1 Å². The van der Waals surface area contributed by atoms with Crippen LogP contribution in [0, 0.1) is 5.92 Å². The van der Waals surface area contributed by atoms with Crippen molar-refractivity contribution in [2.75, 3.05) is 0 Å². The lowest BCUT2D eigenvalue weighted by Gasteiger charge is -2.32. The minimum absolute atomic E-state index is 0.0338. The van der Waals surface area contributed by atoms with Gasteiger partial charge in [-0.25, -0.2) is 0 Å². The Labute approximate surface area is 140 Å². The van der Waals surface area contributed by atoms with Gasteiger partial charge in [0, 0.05) is 6.04 Å². The van der Waals surface area contributed by atoms with E-state index in [-0.39, 0.29) is 22.9 Å².